The molecule has 0 unspecified atom stereocenters. The summed E-state index contributed by atoms with van der Waals surface area (Å²) in [7, 11) is 0. The van der Waals surface area contributed by atoms with Gasteiger partial charge in [-0.05, 0) is 13.0 Å². The second kappa shape index (κ2) is 5.06. The van der Waals surface area contributed by atoms with Gasteiger partial charge in [0.15, 0.2) is 0 Å². The van der Waals surface area contributed by atoms with Gasteiger partial charge in [-0.15, -0.1) is 0 Å². The molecule has 1 rings (SSSR count). The van der Waals surface area contributed by atoms with E-state index < -0.39 is 23.3 Å². The van der Waals surface area contributed by atoms with Crippen molar-refractivity contribution in [1.82, 2.24) is 5.32 Å². The molecule has 90 valence electrons. The van der Waals surface area contributed by atoms with Gasteiger partial charge >= 0.3 is 5.97 Å². The van der Waals surface area contributed by atoms with E-state index in [4.69, 9.17) is 5.11 Å². The quantitative estimate of drug-likeness (QED) is 0.593. The first-order chi connectivity index (χ1) is 7.91. The van der Waals surface area contributed by atoms with E-state index in [-0.39, 0.29) is 11.3 Å². The molecule has 2 N–H and O–H groups in total. The Morgan fingerprint density at radius 1 is 1.47 bits per heavy atom. The average molecular weight is 238 g/mol. The fraction of sp³-hybridized carbons (Fsp3) is 0.200. The number of carbonyl (C=O) groups is 2. The third-order valence-electron chi connectivity index (χ3n) is 2.07. The SMILES string of the molecule is Cc1ccc(C(=O)NCC(=O)O)cc1[N+](=O)[O-]. The van der Waals surface area contributed by atoms with E-state index in [0.29, 0.717) is 5.56 Å². The lowest BCUT2D eigenvalue weighted by atomic mass is 10.1. The van der Waals surface area contributed by atoms with Gasteiger partial charge in [0.25, 0.3) is 11.6 Å². The molecule has 1 aromatic carbocycles. The lowest BCUT2D eigenvalue weighted by Gasteiger charge is -2.03. The van der Waals surface area contributed by atoms with Crippen molar-refractivity contribution < 1.29 is 19.6 Å². The molecule has 0 aliphatic heterocycles. The van der Waals surface area contributed by atoms with Gasteiger partial charge in [-0.25, -0.2) is 0 Å². The highest BCUT2D eigenvalue weighted by Crippen LogP contribution is 2.18. The van der Waals surface area contributed by atoms with Crippen molar-refractivity contribution >= 4 is 17.6 Å². The van der Waals surface area contributed by atoms with Crippen molar-refractivity contribution in [1.29, 1.82) is 0 Å². The number of aryl methyl sites for hydroxylation is 1. The van der Waals surface area contributed by atoms with E-state index in [0.717, 1.165) is 6.07 Å². The van der Waals surface area contributed by atoms with Crippen LogP contribution in [-0.2, 0) is 4.79 Å². The molecule has 17 heavy (non-hydrogen) atoms. The molecular formula is C10H10N2O5. The number of carbonyl (C=O) groups excluding carboxylic acids is 1. The Labute approximate surface area is 96.2 Å². The molecule has 0 aromatic heterocycles. The van der Waals surface area contributed by atoms with Crippen LogP contribution in [0.25, 0.3) is 0 Å². The van der Waals surface area contributed by atoms with Crippen molar-refractivity contribution in [2.75, 3.05) is 6.54 Å². The Balaban J connectivity index is 2.92. The summed E-state index contributed by atoms with van der Waals surface area (Å²) in [6.07, 6.45) is 0. The van der Waals surface area contributed by atoms with E-state index >= 15 is 0 Å². The zero-order valence-corrected chi connectivity index (χ0v) is 8.97. The average Bonchev–Trinajstić information content (AvgIpc) is 2.26. The number of nitro benzene ring substituents is 1. The molecule has 0 spiro atoms. The molecule has 0 saturated heterocycles. The van der Waals surface area contributed by atoms with E-state index in [2.05, 4.69) is 5.32 Å². The zero-order chi connectivity index (χ0) is 13.0. The highest BCUT2D eigenvalue weighted by atomic mass is 16.6. The maximum atomic E-state index is 11.4. The first-order valence-corrected chi connectivity index (χ1v) is 4.67. The third kappa shape index (κ3) is 3.26. The molecule has 0 bridgehead atoms. The number of nitrogens with one attached hydrogen (secondary N) is 1. The third-order valence-corrected chi connectivity index (χ3v) is 2.07. The smallest absolute Gasteiger partial charge is 0.322 e. The minimum atomic E-state index is -1.18. The Bertz CT molecular complexity index is 484. The Morgan fingerprint density at radius 2 is 2.12 bits per heavy atom. The van der Waals surface area contributed by atoms with Crippen LogP contribution in [-0.4, -0.2) is 28.5 Å². The van der Waals surface area contributed by atoms with E-state index in [9.17, 15) is 19.7 Å². The topological polar surface area (TPSA) is 110 Å². The van der Waals surface area contributed by atoms with Gasteiger partial charge in [-0.3, -0.25) is 19.7 Å². The number of carboxylic acids is 1. The summed E-state index contributed by atoms with van der Waals surface area (Å²) in [6.45, 7) is 1.03. The minimum absolute atomic E-state index is 0.0588. The molecule has 0 saturated carbocycles. The number of rotatable bonds is 4. The van der Waals surface area contributed by atoms with Crippen LogP contribution in [0.15, 0.2) is 18.2 Å². The molecule has 0 aliphatic rings. The zero-order valence-electron chi connectivity index (χ0n) is 8.97. The van der Waals surface area contributed by atoms with Gasteiger partial charge in [0.05, 0.1) is 4.92 Å². The Kier molecular flexibility index (Phi) is 3.76. The fourth-order valence-electron chi connectivity index (χ4n) is 1.21. The van der Waals surface area contributed by atoms with Crippen LogP contribution in [0, 0.1) is 17.0 Å². The second-order valence-electron chi connectivity index (χ2n) is 3.33. The van der Waals surface area contributed by atoms with Crippen molar-refractivity contribution in [3.63, 3.8) is 0 Å². The van der Waals surface area contributed by atoms with Crippen molar-refractivity contribution in [2.45, 2.75) is 6.92 Å². The van der Waals surface area contributed by atoms with Crippen LogP contribution in [0.3, 0.4) is 0 Å². The minimum Gasteiger partial charge on any atom is -0.480 e. The van der Waals surface area contributed by atoms with Gasteiger partial charge in [-0.1, -0.05) is 6.07 Å². The van der Waals surface area contributed by atoms with Crippen LogP contribution in [0.4, 0.5) is 5.69 Å². The lowest BCUT2D eigenvalue weighted by Crippen LogP contribution is -2.29. The Morgan fingerprint density at radius 3 is 2.65 bits per heavy atom. The highest BCUT2D eigenvalue weighted by molar-refractivity contribution is 5.96. The van der Waals surface area contributed by atoms with E-state index in [1.807, 2.05) is 0 Å². The number of aliphatic carboxylic acids is 1. The first kappa shape index (κ1) is 12.6. The van der Waals surface area contributed by atoms with Crippen LogP contribution in [0.1, 0.15) is 15.9 Å². The Hall–Kier alpha value is -2.44. The summed E-state index contributed by atoms with van der Waals surface area (Å²) >= 11 is 0. The number of amides is 1. The van der Waals surface area contributed by atoms with Crippen LogP contribution in [0.5, 0.6) is 0 Å². The summed E-state index contributed by atoms with van der Waals surface area (Å²) in [4.78, 5) is 31.7. The summed E-state index contributed by atoms with van der Waals surface area (Å²) in [5.74, 6) is -1.84. The van der Waals surface area contributed by atoms with Crippen molar-refractivity contribution in [2.24, 2.45) is 0 Å². The second-order valence-corrected chi connectivity index (χ2v) is 3.33. The largest absolute Gasteiger partial charge is 0.480 e. The maximum absolute atomic E-state index is 11.4. The number of hydrogen-bond donors (Lipinski definition) is 2. The summed E-state index contributed by atoms with van der Waals surface area (Å²) in [6, 6.07) is 3.96. The van der Waals surface area contributed by atoms with Crippen LogP contribution in [0.2, 0.25) is 0 Å². The van der Waals surface area contributed by atoms with E-state index in [1.165, 1.54) is 12.1 Å². The number of hydrogen-bond acceptors (Lipinski definition) is 4. The standard InChI is InChI=1S/C10H10N2O5/c1-6-2-3-7(4-8(6)12(16)17)10(15)11-5-9(13)14/h2-4H,5H2,1H3,(H,11,15)(H,13,14). The molecule has 0 fully saturated rings. The molecule has 0 heterocycles. The fourth-order valence-corrected chi connectivity index (χ4v) is 1.21. The van der Waals surface area contributed by atoms with Crippen molar-refractivity contribution in [3.05, 3.63) is 39.4 Å². The van der Waals surface area contributed by atoms with Crippen LogP contribution < -0.4 is 5.32 Å². The van der Waals surface area contributed by atoms with Gasteiger partial charge in [0, 0.05) is 17.2 Å². The predicted octanol–water partition coefficient (Wildman–Crippen LogP) is 0.718. The molecular weight excluding hydrogens is 228 g/mol. The maximum Gasteiger partial charge on any atom is 0.322 e. The molecule has 7 nitrogen and oxygen atoms in total. The number of carboxylic acid groups (broad SMARTS) is 1. The summed E-state index contributed by atoms with van der Waals surface area (Å²) in [5.41, 5.74) is 0.321. The first-order valence-electron chi connectivity index (χ1n) is 4.67. The molecule has 7 heteroatoms. The lowest BCUT2D eigenvalue weighted by molar-refractivity contribution is -0.385. The van der Waals surface area contributed by atoms with Gasteiger partial charge in [-0.2, -0.15) is 0 Å². The van der Waals surface area contributed by atoms with Crippen molar-refractivity contribution in [3.8, 4) is 0 Å². The molecule has 0 atom stereocenters. The summed E-state index contributed by atoms with van der Waals surface area (Å²) in [5, 5.41) is 21.1. The number of benzene rings is 1. The molecule has 0 aliphatic carbocycles. The highest BCUT2D eigenvalue weighted by Gasteiger charge is 2.15. The van der Waals surface area contributed by atoms with E-state index in [1.54, 1.807) is 6.92 Å². The normalized spacial score (nSPS) is 9.71. The van der Waals surface area contributed by atoms with Crippen LogP contribution >= 0.6 is 0 Å². The van der Waals surface area contributed by atoms with Gasteiger partial charge < -0.3 is 10.4 Å². The molecule has 0 radical (unpaired) electrons. The molecule has 1 aromatic rings. The summed E-state index contributed by atoms with van der Waals surface area (Å²) < 4.78 is 0. The monoisotopic (exact) mass is 238 g/mol. The number of nitro groups is 1. The number of nitrogens with zero attached hydrogens (tertiary/aromatic N) is 1. The van der Waals surface area contributed by atoms with Gasteiger partial charge in [0.1, 0.15) is 6.54 Å². The molecule has 1 amide bonds. The van der Waals surface area contributed by atoms with Gasteiger partial charge in [0.2, 0.25) is 0 Å². The predicted molar refractivity (Wildman–Crippen MR) is 57.8 cm³/mol.